The van der Waals surface area contributed by atoms with Crippen LogP contribution >= 0.6 is 0 Å². The van der Waals surface area contributed by atoms with E-state index in [-0.39, 0.29) is 17.7 Å². The van der Waals surface area contributed by atoms with Crippen LogP contribution in [0.25, 0.3) is 11.0 Å². The summed E-state index contributed by atoms with van der Waals surface area (Å²) < 4.78 is 42.1. The molecule has 2 fully saturated rings. The zero-order chi connectivity index (χ0) is 28.5. The first-order valence-electron chi connectivity index (χ1n) is 13.8. The summed E-state index contributed by atoms with van der Waals surface area (Å²) in [5.74, 6) is 0.725. The molecular formula is C28H36F3N7O2. The Kier molecular flexibility index (Phi) is 7.89. The molecule has 3 aromatic heterocycles. The lowest BCUT2D eigenvalue weighted by Gasteiger charge is -2.31. The summed E-state index contributed by atoms with van der Waals surface area (Å²) in [4.78, 5) is 30.9. The summed E-state index contributed by atoms with van der Waals surface area (Å²) in [5, 5.41) is 13.3. The van der Waals surface area contributed by atoms with Crippen molar-refractivity contribution >= 4 is 23.1 Å². The normalized spacial score (nSPS) is 19.4. The molecule has 5 rings (SSSR count). The Hall–Kier alpha value is -3.41. The van der Waals surface area contributed by atoms with Crippen molar-refractivity contribution in [2.75, 3.05) is 38.0 Å². The quantitative estimate of drug-likeness (QED) is 0.350. The number of hydrogen-bond acceptors (Lipinski definition) is 6. The van der Waals surface area contributed by atoms with Crippen LogP contribution in [-0.2, 0) is 18.0 Å². The Morgan fingerprint density at radius 1 is 1.18 bits per heavy atom. The molecule has 0 aromatic carbocycles. The standard InChI is InChI=1S/C28H36F3N7O2/c1-27(2,14-19-15-33-24-21(19)4-3-9-32-24)23-22(28(29,30)31)16-34-25(36-23)35-20-8-11-37(17-20)10-5-18-6-12-38(13-7-18)26(39)40/h3-4,9,15-16,18,20H,5-8,10-14,17H2,1-2H3,(H,32,33)(H,39,40)(H,34,35,36)/t20-/m1/s1. The molecule has 12 heteroatoms. The lowest BCUT2D eigenvalue weighted by Crippen LogP contribution is -2.38. The van der Waals surface area contributed by atoms with Gasteiger partial charge in [-0.25, -0.2) is 19.7 Å². The molecule has 2 saturated heterocycles. The van der Waals surface area contributed by atoms with Crippen LogP contribution < -0.4 is 5.32 Å². The molecule has 40 heavy (non-hydrogen) atoms. The highest BCUT2D eigenvalue weighted by atomic mass is 19.4. The van der Waals surface area contributed by atoms with Gasteiger partial charge in [0.15, 0.2) is 0 Å². The summed E-state index contributed by atoms with van der Waals surface area (Å²) in [6.45, 7) is 7.31. The lowest BCUT2D eigenvalue weighted by molar-refractivity contribution is -0.139. The molecule has 2 aliphatic heterocycles. The average molecular weight is 560 g/mol. The number of nitrogens with zero attached hydrogens (tertiary/aromatic N) is 5. The van der Waals surface area contributed by atoms with E-state index in [0.29, 0.717) is 31.1 Å². The second-order valence-electron chi connectivity index (χ2n) is 11.7. The average Bonchev–Trinajstić information content (AvgIpc) is 3.53. The SMILES string of the molecule is CC(C)(Cc1c[nH]c2ncccc12)c1nc(N[C@@H]2CCN(CCC3CCN(C(=O)O)CC3)C2)ncc1C(F)(F)F. The van der Waals surface area contributed by atoms with Crippen molar-refractivity contribution in [1.29, 1.82) is 0 Å². The number of piperidine rings is 1. The second-order valence-corrected chi connectivity index (χ2v) is 11.7. The van der Waals surface area contributed by atoms with E-state index < -0.39 is 23.2 Å². The molecule has 0 aliphatic carbocycles. The maximum absolute atomic E-state index is 14.0. The van der Waals surface area contributed by atoms with Crippen molar-refractivity contribution in [2.45, 2.75) is 63.6 Å². The van der Waals surface area contributed by atoms with Crippen molar-refractivity contribution in [1.82, 2.24) is 29.7 Å². The molecule has 0 spiro atoms. The van der Waals surface area contributed by atoms with E-state index in [0.717, 1.165) is 62.5 Å². The lowest BCUT2D eigenvalue weighted by atomic mass is 9.80. The molecule has 0 radical (unpaired) electrons. The fraction of sp³-hybridized carbons (Fsp3) is 0.571. The van der Waals surface area contributed by atoms with Crippen LogP contribution in [0.4, 0.5) is 23.9 Å². The minimum atomic E-state index is -4.57. The molecule has 3 aromatic rings. The predicted molar refractivity (Wildman–Crippen MR) is 145 cm³/mol. The van der Waals surface area contributed by atoms with Gasteiger partial charge in [0, 0.05) is 61.6 Å². The molecule has 0 unspecified atom stereocenters. The highest BCUT2D eigenvalue weighted by molar-refractivity contribution is 5.79. The van der Waals surface area contributed by atoms with Crippen molar-refractivity contribution < 1.29 is 23.1 Å². The third-order valence-electron chi connectivity index (χ3n) is 8.25. The number of carboxylic acid groups (broad SMARTS) is 1. The number of alkyl halides is 3. The predicted octanol–water partition coefficient (Wildman–Crippen LogP) is 5.16. The summed E-state index contributed by atoms with van der Waals surface area (Å²) in [6.07, 6.45) is 2.94. The molecule has 1 atom stereocenters. The fourth-order valence-electron chi connectivity index (χ4n) is 6.01. The number of aromatic amines is 1. The third-order valence-corrected chi connectivity index (χ3v) is 8.25. The smallest absolute Gasteiger partial charge is 0.419 e. The number of likely N-dealkylation sites (tertiary alicyclic amines) is 2. The van der Waals surface area contributed by atoms with E-state index in [1.165, 1.54) is 4.90 Å². The molecule has 0 saturated carbocycles. The Morgan fingerprint density at radius 3 is 2.67 bits per heavy atom. The van der Waals surface area contributed by atoms with E-state index in [9.17, 15) is 18.0 Å². The van der Waals surface area contributed by atoms with E-state index in [1.54, 1.807) is 26.2 Å². The van der Waals surface area contributed by atoms with Gasteiger partial charge in [-0.2, -0.15) is 13.2 Å². The van der Waals surface area contributed by atoms with Gasteiger partial charge in [0.25, 0.3) is 0 Å². The van der Waals surface area contributed by atoms with Crippen LogP contribution in [0.3, 0.4) is 0 Å². The van der Waals surface area contributed by atoms with Gasteiger partial charge in [-0.05, 0) is 62.3 Å². The van der Waals surface area contributed by atoms with Gasteiger partial charge in [-0.3, -0.25) is 0 Å². The van der Waals surface area contributed by atoms with Crippen LogP contribution in [0.15, 0.2) is 30.7 Å². The summed E-state index contributed by atoms with van der Waals surface area (Å²) >= 11 is 0. The van der Waals surface area contributed by atoms with Gasteiger partial charge >= 0.3 is 12.3 Å². The van der Waals surface area contributed by atoms with Crippen molar-refractivity contribution in [3.63, 3.8) is 0 Å². The molecule has 3 N–H and O–H groups in total. The number of halogens is 3. The first-order valence-corrected chi connectivity index (χ1v) is 13.8. The van der Waals surface area contributed by atoms with Gasteiger partial charge in [-0.1, -0.05) is 13.8 Å². The number of fused-ring (bicyclic) bond motifs is 1. The number of carbonyl (C=O) groups is 1. The van der Waals surface area contributed by atoms with E-state index in [2.05, 4.69) is 30.2 Å². The molecule has 1 amide bonds. The van der Waals surface area contributed by atoms with Crippen molar-refractivity contribution in [2.24, 2.45) is 5.92 Å². The summed E-state index contributed by atoms with van der Waals surface area (Å²) in [6, 6.07) is 3.77. The Labute approximate surface area is 231 Å². The van der Waals surface area contributed by atoms with Gasteiger partial charge in [0.1, 0.15) is 5.65 Å². The first kappa shape index (κ1) is 28.1. The summed E-state index contributed by atoms with van der Waals surface area (Å²) in [5.41, 5.74) is -0.186. The van der Waals surface area contributed by atoms with Gasteiger partial charge in [-0.15, -0.1) is 0 Å². The molecule has 2 aliphatic rings. The number of hydrogen-bond donors (Lipinski definition) is 3. The Morgan fingerprint density at radius 2 is 1.95 bits per heavy atom. The Balaban J connectivity index is 1.24. The first-order chi connectivity index (χ1) is 19.0. The van der Waals surface area contributed by atoms with Crippen LogP contribution in [0.1, 0.15) is 56.4 Å². The number of pyridine rings is 1. The van der Waals surface area contributed by atoms with Crippen molar-refractivity contribution in [3.8, 4) is 0 Å². The third kappa shape index (κ3) is 6.32. The van der Waals surface area contributed by atoms with E-state index in [4.69, 9.17) is 5.11 Å². The number of aromatic nitrogens is 4. The summed E-state index contributed by atoms with van der Waals surface area (Å²) in [7, 11) is 0. The van der Waals surface area contributed by atoms with Crippen molar-refractivity contribution in [3.05, 3.63) is 47.5 Å². The zero-order valence-electron chi connectivity index (χ0n) is 22.8. The maximum Gasteiger partial charge on any atom is 0.419 e. The highest BCUT2D eigenvalue weighted by Crippen LogP contribution is 2.39. The minimum absolute atomic E-state index is 0.0294. The number of anilines is 1. The van der Waals surface area contributed by atoms with Gasteiger partial charge < -0.3 is 25.2 Å². The van der Waals surface area contributed by atoms with Crippen LogP contribution in [0.5, 0.6) is 0 Å². The van der Waals surface area contributed by atoms with Gasteiger partial charge in [0.2, 0.25) is 5.95 Å². The molecule has 9 nitrogen and oxygen atoms in total. The molecule has 216 valence electrons. The van der Waals surface area contributed by atoms with E-state index in [1.807, 2.05) is 12.1 Å². The van der Waals surface area contributed by atoms with Crippen LogP contribution in [0.2, 0.25) is 0 Å². The number of amides is 1. The number of H-pyrrole nitrogens is 1. The number of nitrogens with one attached hydrogen (secondary N) is 2. The Bertz CT molecular complexity index is 1330. The number of rotatable bonds is 8. The zero-order valence-corrected chi connectivity index (χ0v) is 22.8. The molecule has 5 heterocycles. The van der Waals surface area contributed by atoms with Gasteiger partial charge in [0.05, 0.1) is 11.3 Å². The largest absolute Gasteiger partial charge is 0.465 e. The van der Waals surface area contributed by atoms with E-state index >= 15 is 0 Å². The second kappa shape index (κ2) is 11.2. The minimum Gasteiger partial charge on any atom is -0.465 e. The molecule has 0 bridgehead atoms. The maximum atomic E-state index is 14.0. The topological polar surface area (TPSA) is 110 Å². The monoisotopic (exact) mass is 559 g/mol. The van der Waals surface area contributed by atoms with Crippen LogP contribution in [0, 0.1) is 5.92 Å². The fourth-order valence-corrected chi connectivity index (χ4v) is 6.01. The highest BCUT2D eigenvalue weighted by Gasteiger charge is 2.40. The molecular weight excluding hydrogens is 523 g/mol. The van der Waals surface area contributed by atoms with Crippen LogP contribution in [-0.4, -0.2) is 79.7 Å².